The smallest absolute Gasteiger partial charge is 0.164 e. The van der Waals surface area contributed by atoms with Gasteiger partial charge in [0.1, 0.15) is 0 Å². The van der Waals surface area contributed by atoms with Crippen LogP contribution in [0.1, 0.15) is 55.0 Å². The minimum absolute atomic E-state index is 0.216. The molecule has 3 nitrogen and oxygen atoms in total. The largest absolute Gasteiger partial charge is 0.208 e. The first-order chi connectivity index (χ1) is 40.6. The van der Waals surface area contributed by atoms with Crippen molar-refractivity contribution >= 4 is 0 Å². The van der Waals surface area contributed by atoms with E-state index in [-0.39, 0.29) is 16.7 Å². The van der Waals surface area contributed by atoms with Crippen molar-refractivity contribution in [3.8, 4) is 89.8 Å². The summed E-state index contributed by atoms with van der Waals surface area (Å²) >= 11 is 0. The van der Waals surface area contributed by atoms with E-state index in [4.69, 9.17) is 32.9 Å². The number of nitrogens with zero attached hydrogens (tertiary/aromatic N) is 3. The Kier molecular flexibility index (Phi) is 3.37. The molecule has 0 atom stereocenters. The Balaban J connectivity index is 1.24. The van der Waals surface area contributed by atoms with Gasteiger partial charge in [-0.05, 0) is 85.3 Å². The average Bonchev–Trinajstić information content (AvgIpc) is 1.66. The quantitative estimate of drug-likeness (QED) is 0.164. The van der Waals surface area contributed by atoms with Gasteiger partial charge in [0.2, 0.25) is 0 Å². The van der Waals surface area contributed by atoms with Crippen molar-refractivity contribution in [3.05, 3.63) is 211 Å². The van der Waals surface area contributed by atoms with Crippen LogP contribution in [0.2, 0.25) is 0 Å². The normalized spacial score (nSPS) is 19.7. The molecule has 55 heavy (non-hydrogen) atoms. The molecule has 0 aliphatic heterocycles. The maximum absolute atomic E-state index is 9.65. The molecule has 0 amide bonds. The van der Waals surface area contributed by atoms with Crippen LogP contribution >= 0.6 is 0 Å². The van der Waals surface area contributed by atoms with E-state index in [2.05, 4.69) is 15.0 Å². The highest BCUT2D eigenvalue weighted by Gasteiger charge is 2.25. The molecule has 3 heteroatoms. The summed E-state index contributed by atoms with van der Waals surface area (Å²) in [6, 6.07) is -27.8. The Morgan fingerprint density at radius 2 is 0.655 bits per heavy atom. The van der Waals surface area contributed by atoms with Crippen molar-refractivity contribution in [2.24, 2.45) is 0 Å². The first kappa shape index (κ1) is 13.3. The lowest BCUT2D eigenvalue weighted by Crippen LogP contribution is -2.00. The molecular weight excluding hydrogens is 667 g/mol. The maximum atomic E-state index is 9.65. The zero-order chi connectivity index (χ0) is 64.4. The van der Waals surface area contributed by atoms with Crippen molar-refractivity contribution in [1.82, 2.24) is 15.0 Å². The van der Waals surface area contributed by atoms with E-state index >= 15 is 0 Å². The van der Waals surface area contributed by atoms with Gasteiger partial charge in [-0.15, -0.1) is 0 Å². The maximum Gasteiger partial charge on any atom is 0.164 e. The molecule has 0 saturated carbocycles. The van der Waals surface area contributed by atoms with Crippen LogP contribution in [0.5, 0.6) is 0 Å². The lowest BCUT2D eigenvalue weighted by molar-refractivity contribution is 1.07. The predicted octanol–water partition coefficient (Wildman–Crippen LogP) is 13.1. The van der Waals surface area contributed by atoms with Gasteiger partial charge < -0.3 is 0 Å². The zero-order valence-corrected chi connectivity index (χ0v) is 27.6. The molecule has 258 valence electrons. The van der Waals surface area contributed by atoms with E-state index in [0.29, 0.717) is 0 Å². The first-order valence-electron chi connectivity index (χ1n) is 32.1. The van der Waals surface area contributed by atoms with Crippen LogP contribution < -0.4 is 0 Å². The van der Waals surface area contributed by atoms with Crippen molar-refractivity contribution in [2.75, 3.05) is 0 Å². The molecule has 10 rings (SSSR count). The van der Waals surface area contributed by atoms with Crippen LogP contribution in [-0.2, 0) is 6.42 Å². The van der Waals surface area contributed by atoms with E-state index in [1.165, 1.54) is 0 Å². The van der Waals surface area contributed by atoms with Crippen LogP contribution in [0.25, 0.3) is 89.8 Å². The van der Waals surface area contributed by atoms with Crippen LogP contribution in [-0.4, -0.2) is 15.0 Å². The van der Waals surface area contributed by atoms with Gasteiger partial charge in [-0.3, -0.25) is 0 Å². The SMILES string of the molecule is [2H]c1c(-c2nc(-c3c([2H])c([2H])c([2H])c([2H])c3[2H])nc(-c3c([2H])c([2H])c([2H])c([2H])c3[2H])n2)cc(-c2c([2H])c([2H])c([2H])c3c2Cc2c(-c4c([2H])c([2H])c([2H])c(-c5c([2H])c([2H])c(-c6c([2H])c([2H])c([2H])c([2H])c6[2H])c([2H])c5[2H])c4[2H])c([2H])c([2H])c([2H])c2-3)c([2H])c1[2H]. The Morgan fingerprint density at radius 3 is 1.22 bits per heavy atom. The molecule has 8 aromatic carbocycles. The third-order valence-corrected chi connectivity index (χ3v) is 8.34. The molecule has 0 radical (unpaired) electrons. The number of hydrogen-bond donors (Lipinski definition) is 0. The number of rotatable bonds is 7. The van der Waals surface area contributed by atoms with Crippen molar-refractivity contribution in [3.63, 3.8) is 0 Å². The van der Waals surface area contributed by atoms with E-state index < -0.39 is 284 Å². The summed E-state index contributed by atoms with van der Waals surface area (Å²) in [4.78, 5) is 12.9. The number of aromatic nitrogens is 3. The standard InChI is InChI=1S/C52H35N3/c1-4-14-35(15-5-1)36-28-30-37(31-29-36)40-20-10-21-41(32-40)44-24-12-26-46-47-27-13-25-45(49(47)34-48(44)46)42-22-11-23-43(33-42)52-54-50(38-16-6-2-7-17-38)53-51(55-52)39-18-8-3-9-19-39/h1-33H,34H2/i1D,2D,3D,4D,5D,6D,7D,8D,9D,10D,11D,12D,13D,14D,15D,16D,17D,18D,19D,20D,21D,22D,23D,24D,25D,26D,27D,28D,29D,30D,31D,32D. The molecule has 0 N–H and O–H groups in total. The second kappa shape index (κ2) is 14.0. The lowest BCUT2D eigenvalue weighted by atomic mass is 9.93. The molecule has 0 saturated heterocycles. The minimum Gasteiger partial charge on any atom is -0.208 e. The fourth-order valence-electron chi connectivity index (χ4n) is 5.88. The van der Waals surface area contributed by atoms with Crippen molar-refractivity contribution in [2.45, 2.75) is 6.42 Å². The second-order valence-electron chi connectivity index (χ2n) is 11.5. The van der Waals surface area contributed by atoms with Gasteiger partial charge in [-0.2, -0.15) is 0 Å². The first-order valence-corrected chi connectivity index (χ1v) is 16.1. The molecule has 9 aromatic rings. The zero-order valence-electron chi connectivity index (χ0n) is 59.6. The molecule has 1 aliphatic rings. The molecule has 0 bridgehead atoms. The molecule has 0 fully saturated rings. The summed E-state index contributed by atoms with van der Waals surface area (Å²) in [6.07, 6.45) is -0.668. The number of fused-ring (bicyclic) bond motifs is 3. The van der Waals surface area contributed by atoms with Crippen molar-refractivity contribution < 1.29 is 43.9 Å². The number of hydrogen-bond acceptors (Lipinski definition) is 3. The van der Waals surface area contributed by atoms with Crippen LogP contribution in [0.4, 0.5) is 0 Å². The Labute approximate surface area is 366 Å². The fraction of sp³-hybridized carbons (Fsp3) is 0.0192. The Morgan fingerprint density at radius 1 is 0.291 bits per heavy atom. The van der Waals surface area contributed by atoms with E-state index in [0.717, 1.165) is 6.07 Å². The molecule has 0 unspecified atom stereocenters. The summed E-state index contributed by atoms with van der Waals surface area (Å²) < 4.78 is 282. The Hall–Kier alpha value is -7.23. The highest BCUT2D eigenvalue weighted by Crippen LogP contribution is 2.46. The average molecular weight is 734 g/mol. The summed E-state index contributed by atoms with van der Waals surface area (Å²) in [6.45, 7) is 0. The minimum atomic E-state index is -1.03. The summed E-state index contributed by atoms with van der Waals surface area (Å²) in [5.41, 5.74) is -8.63. The van der Waals surface area contributed by atoms with E-state index in [1.807, 2.05) is 0 Å². The molecule has 1 aromatic heterocycles. The third-order valence-electron chi connectivity index (χ3n) is 8.34. The van der Waals surface area contributed by atoms with Gasteiger partial charge in [0.25, 0.3) is 0 Å². The van der Waals surface area contributed by atoms with E-state index in [9.17, 15) is 11.0 Å². The molecule has 1 heterocycles. The highest BCUT2D eigenvalue weighted by atomic mass is 15.0. The van der Waals surface area contributed by atoms with Gasteiger partial charge in [0, 0.05) is 16.7 Å². The van der Waals surface area contributed by atoms with Gasteiger partial charge in [-0.25, -0.2) is 15.0 Å². The van der Waals surface area contributed by atoms with Crippen LogP contribution in [0.3, 0.4) is 0 Å². The highest BCUT2D eigenvalue weighted by molar-refractivity contribution is 5.90. The summed E-state index contributed by atoms with van der Waals surface area (Å²) in [5.74, 6) is -2.25. The summed E-state index contributed by atoms with van der Waals surface area (Å²) in [5, 5.41) is 0. The summed E-state index contributed by atoms with van der Waals surface area (Å²) in [7, 11) is 0. The topological polar surface area (TPSA) is 38.7 Å². The van der Waals surface area contributed by atoms with Crippen LogP contribution in [0.15, 0.2) is 199 Å². The van der Waals surface area contributed by atoms with Crippen molar-refractivity contribution in [1.29, 1.82) is 0 Å². The second-order valence-corrected chi connectivity index (χ2v) is 11.5. The van der Waals surface area contributed by atoms with Gasteiger partial charge >= 0.3 is 0 Å². The van der Waals surface area contributed by atoms with Gasteiger partial charge in [0.15, 0.2) is 17.5 Å². The van der Waals surface area contributed by atoms with E-state index in [1.54, 1.807) is 0 Å². The van der Waals surface area contributed by atoms with Gasteiger partial charge in [-0.1, -0.05) is 187 Å². The predicted molar refractivity (Wildman–Crippen MR) is 226 cm³/mol. The monoisotopic (exact) mass is 733 g/mol. The van der Waals surface area contributed by atoms with Gasteiger partial charge in [0.05, 0.1) is 43.9 Å². The molecule has 1 aliphatic carbocycles. The molecule has 0 spiro atoms. The lowest BCUT2D eigenvalue weighted by Gasteiger charge is -2.12. The number of benzene rings is 8. The fourth-order valence-corrected chi connectivity index (χ4v) is 5.88. The van der Waals surface area contributed by atoms with Crippen LogP contribution in [0, 0.1) is 0 Å². The molecular formula is C52H35N3. The third kappa shape index (κ3) is 6.22. The Bertz CT molecular complexity index is 4490.